The topological polar surface area (TPSA) is 0 Å². The summed E-state index contributed by atoms with van der Waals surface area (Å²) in [6.45, 7) is 22.3. The minimum Gasteiger partial charge on any atom is -0.0856 e. The molecule has 0 aromatic heterocycles. The summed E-state index contributed by atoms with van der Waals surface area (Å²) >= 11 is 0. The standard InChI is InChI=1S/C40H64/c1-33(2)19-13-23-37(7)27-17-31-39(9)29-15-25-35(5)21-11-12-22-36(6)26-16-30-40(10)32-18-28-38(8)24-14-20-34(3)4/h11-12,19-22,27-30H,13-18,23-26,31-32H2,1-10H3/b12-11?,35-21+,36-22?,37-27?,38-28?,39-29?,40-30?. The summed E-state index contributed by atoms with van der Waals surface area (Å²) in [5.41, 5.74) is 11.8. The summed E-state index contributed by atoms with van der Waals surface area (Å²) < 4.78 is 0. The van der Waals surface area contributed by atoms with Gasteiger partial charge in [0.05, 0.1) is 0 Å². The molecular formula is C40H64. The van der Waals surface area contributed by atoms with Gasteiger partial charge in [-0.05, 0) is 146 Å². The van der Waals surface area contributed by atoms with Gasteiger partial charge in [0.1, 0.15) is 0 Å². The Balaban J connectivity index is 4.27. The second-order valence-corrected chi connectivity index (χ2v) is 12.4. The molecule has 0 heterocycles. The maximum Gasteiger partial charge on any atom is -0.0285 e. The fraction of sp³-hybridized carbons (Fsp3) is 0.550. The van der Waals surface area contributed by atoms with Crippen molar-refractivity contribution >= 4 is 0 Å². The Labute approximate surface area is 251 Å². The molecule has 0 saturated heterocycles. The van der Waals surface area contributed by atoms with Crippen LogP contribution in [-0.2, 0) is 0 Å². The van der Waals surface area contributed by atoms with E-state index in [0.29, 0.717) is 0 Å². The molecule has 0 aliphatic carbocycles. The number of allylic oxidation sites excluding steroid dienone is 18. The van der Waals surface area contributed by atoms with Gasteiger partial charge < -0.3 is 0 Å². The number of hydrogen-bond acceptors (Lipinski definition) is 0. The first kappa shape index (κ1) is 37.7. The molecule has 0 N–H and O–H groups in total. The molecule has 0 fully saturated rings. The predicted molar refractivity (Wildman–Crippen MR) is 186 cm³/mol. The van der Waals surface area contributed by atoms with Crippen molar-refractivity contribution in [2.45, 2.75) is 146 Å². The van der Waals surface area contributed by atoms with Crippen molar-refractivity contribution in [1.82, 2.24) is 0 Å². The average molecular weight is 545 g/mol. The van der Waals surface area contributed by atoms with E-state index in [1.165, 1.54) is 83.1 Å². The molecule has 0 atom stereocenters. The van der Waals surface area contributed by atoms with Gasteiger partial charge >= 0.3 is 0 Å². The molecule has 0 aliphatic rings. The molecule has 0 nitrogen and oxygen atoms in total. The molecule has 0 aromatic rings. The summed E-state index contributed by atoms with van der Waals surface area (Å²) in [7, 11) is 0. The monoisotopic (exact) mass is 545 g/mol. The van der Waals surface area contributed by atoms with Crippen LogP contribution in [0.4, 0.5) is 0 Å². The summed E-state index contributed by atoms with van der Waals surface area (Å²) in [4.78, 5) is 0. The first-order chi connectivity index (χ1) is 19.0. The quantitative estimate of drug-likeness (QED) is 0.106. The normalized spacial score (nSPS) is 14.2. The Morgan fingerprint density at radius 3 is 0.775 bits per heavy atom. The lowest BCUT2D eigenvalue weighted by Crippen LogP contribution is -1.82. The molecule has 0 rings (SSSR count). The Kier molecular flexibility index (Phi) is 23.0. The molecule has 0 unspecified atom stereocenters. The first-order valence-corrected chi connectivity index (χ1v) is 15.9. The van der Waals surface area contributed by atoms with Crippen LogP contribution in [0.3, 0.4) is 0 Å². The predicted octanol–water partition coefficient (Wildman–Crippen LogP) is 13.8. The van der Waals surface area contributed by atoms with Crippen LogP contribution in [0, 0.1) is 0 Å². The fourth-order valence-electron chi connectivity index (χ4n) is 4.38. The third kappa shape index (κ3) is 25.9. The molecule has 0 amide bonds. The highest BCUT2D eigenvalue weighted by molar-refractivity contribution is 5.19. The zero-order valence-electron chi connectivity index (χ0n) is 28.3. The van der Waals surface area contributed by atoms with Crippen molar-refractivity contribution in [3.05, 3.63) is 105 Å². The maximum atomic E-state index is 2.43. The molecule has 0 aliphatic heterocycles. The highest BCUT2D eigenvalue weighted by atomic mass is 14.0. The smallest absolute Gasteiger partial charge is 0.0285 e. The lowest BCUT2D eigenvalue weighted by atomic mass is 10.0. The van der Waals surface area contributed by atoms with E-state index in [1.807, 2.05) is 0 Å². The minimum absolute atomic E-state index is 1.14. The highest BCUT2D eigenvalue weighted by Crippen LogP contribution is 2.15. The minimum atomic E-state index is 1.14. The van der Waals surface area contributed by atoms with Gasteiger partial charge in [0.15, 0.2) is 0 Å². The van der Waals surface area contributed by atoms with Gasteiger partial charge in [0.2, 0.25) is 0 Å². The molecule has 0 radical (unpaired) electrons. The average Bonchev–Trinajstić information content (AvgIpc) is 2.86. The van der Waals surface area contributed by atoms with Crippen LogP contribution in [-0.4, -0.2) is 0 Å². The van der Waals surface area contributed by atoms with E-state index in [9.17, 15) is 0 Å². The number of rotatable bonds is 20. The maximum absolute atomic E-state index is 2.43. The Morgan fingerprint density at radius 1 is 0.300 bits per heavy atom. The van der Waals surface area contributed by atoms with Crippen molar-refractivity contribution < 1.29 is 0 Å². The summed E-state index contributed by atoms with van der Waals surface area (Å²) in [6, 6.07) is 0. The highest BCUT2D eigenvalue weighted by Gasteiger charge is 1.95. The molecule has 0 bridgehead atoms. The van der Waals surface area contributed by atoms with E-state index in [4.69, 9.17) is 0 Å². The van der Waals surface area contributed by atoms with Crippen molar-refractivity contribution in [3.63, 3.8) is 0 Å². The van der Waals surface area contributed by atoms with Gasteiger partial charge in [-0.15, -0.1) is 0 Å². The lowest BCUT2D eigenvalue weighted by molar-refractivity contribution is 0.900. The summed E-state index contributed by atoms with van der Waals surface area (Å²) in [6.07, 6.45) is 37.2. The van der Waals surface area contributed by atoms with Crippen molar-refractivity contribution in [2.75, 3.05) is 0 Å². The van der Waals surface area contributed by atoms with Gasteiger partial charge in [-0.1, -0.05) is 105 Å². The van der Waals surface area contributed by atoms with Gasteiger partial charge in [0, 0.05) is 0 Å². The molecule has 0 spiro atoms. The lowest BCUT2D eigenvalue weighted by Gasteiger charge is -2.02. The van der Waals surface area contributed by atoms with Crippen molar-refractivity contribution in [2.24, 2.45) is 0 Å². The second-order valence-electron chi connectivity index (χ2n) is 12.4. The van der Waals surface area contributed by atoms with E-state index in [-0.39, 0.29) is 0 Å². The van der Waals surface area contributed by atoms with Crippen molar-refractivity contribution in [3.8, 4) is 0 Å². The van der Waals surface area contributed by atoms with Gasteiger partial charge in [0.25, 0.3) is 0 Å². The second kappa shape index (κ2) is 24.5. The molecular weight excluding hydrogens is 480 g/mol. The fourth-order valence-corrected chi connectivity index (χ4v) is 4.38. The van der Waals surface area contributed by atoms with Crippen LogP contribution in [0.1, 0.15) is 146 Å². The largest absolute Gasteiger partial charge is 0.0856 e. The molecule has 0 heteroatoms. The molecule has 0 saturated carbocycles. The number of hydrogen-bond donors (Lipinski definition) is 0. The van der Waals surface area contributed by atoms with Crippen LogP contribution in [0.2, 0.25) is 0 Å². The zero-order valence-corrected chi connectivity index (χ0v) is 28.3. The zero-order chi connectivity index (χ0) is 30.2. The summed E-state index contributed by atoms with van der Waals surface area (Å²) in [5, 5.41) is 0. The van der Waals surface area contributed by atoms with E-state index < -0.39 is 0 Å². The van der Waals surface area contributed by atoms with Gasteiger partial charge in [-0.2, -0.15) is 0 Å². The van der Waals surface area contributed by atoms with E-state index in [1.54, 1.807) is 0 Å². The first-order valence-electron chi connectivity index (χ1n) is 15.9. The van der Waals surface area contributed by atoms with Crippen LogP contribution in [0.25, 0.3) is 0 Å². The van der Waals surface area contributed by atoms with Crippen LogP contribution < -0.4 is 0 Å². The third-order valence-electron chi connectivity index (χ3n) is 7.18. The molecule has 224 valence electrons. The van der Waals surface area contributed by atoms with E-state index in [0.717, 1.165) is 38.5 Å². The van der Waals surface area contributed by atoms with Crippen LogP contribution in [0.5, 0.6) is 0 Å². The Morgan fingerprint density at radius 2 is 0.525 bits per heavy atom. The Hall–Kier alpha value is -2.34. The van der Waals surface area contributed by atoms with Crippen LogP contribution >= 0.6 is 0 Å². The van der Waals surface area contributed by atoms with Gasteiger partial charge in [-0.25, -0.2) is 0 Å². The van der Waals surface area contributed by atoms with E-state index >= 15 is 0 Å². The SMILES string of the molecule is CC(C)=CCCC(C)=CCCC(C)=CCCC(C)=CC=C/C=C(\C)CCC=C(C)CCC=C(C)CCC=C(C)C. The van der Waals surface area contributed by atoms with Gasteiger partial charge in [-0.3, -0.25) is 0 Å². The summed E-state index contributed by atoms with van der Waals surface area (Å²) in [5.74, 6) is 0. The van der Waals surface area contributed by atoms with Crippen LogP contribution in [0.15, 0.2) is 105 Å². The molecule has 0 aromatic carbocycles. The Bertz CT molecular complexity index is 887. The third-order valence-corrected chi connectivity index (χ3v) is 7.18. The van der Waals surface area contributed by atoms with E-state index in [2.05, 4.69) is 130 Å². The van der Waals surface area contributed by atoms with Crippen molar-refractivity contribution in [1.29, 1.82) is 0 Å². The molecule has 40 heavy (non-hydrogen) atoms.